The lowest BCUT2D eigenvalue weighted by Gasteiger charge is -2.34. The molecule has 0 aromatic carbocycles. The molecule has 1 heterocycles. The van der Waals surface area contributed by atoms with E-state index in [0.717, 1.165) is 26.2 Å². The molecule has 2 nitrogen and oxygen atoms in total. The van der Waals surface area contributed by atoms with E-state index in [0.29, 0.717) is 0 Å². The quantitative estimate of drug-likeness (QED) is 0.664. The molecule has 0 atom stereocenters. The van der Waals surface area contributed by atoms with Gasteiger partial charge in [0, 0.05) is 32.6 Å². The summed E-state index contributed by atoms with van der Waals surface area (Å²) in [4.78, 5) is 4.02. The van der Waals surface area contributed by atoms with Crippen LogP contribution in [0.2, 0.25) is 0 Å². The van der Waals surface area contributed by atoms with Gasteiger partial charge in [0.2, 0.25) is 0 Å². The molecule has 0 aromatic rings. The van der Waals surface area contributed by atoms with Crippen LogP contribution in [0, 0.1) is 0 Å². The normalized spacial score (nSPS) is 22.2. The fourth-order valence-electron chi connectivity index (χ4n) is 1.44. The molecule has 1 saturated heterocycles. The van der Waals surface area contributed by atoms with E-state index in [2.05, 4.69) is 4.90 Å². The summed E-state index contributed by atoms with van der Waals surface area (Å²) in [6.45, 7) is 4.81. The fourth-order valence-corrected chi connectivity index (χ4v) is 1.44. The predicted molar refractivity (Wildman–Crippen MR) is 49.2 cm³/mol. The van der Waals surface area contributed by atoms with E-state index in [1.807, 2.05) is 11.9 Å². The standard InChI is InChI=1S/C9H18F2N2/c1-3-9(10,11)8-13-6-4-12(2)5-7-13/h3-8H2,1-2H3. The van der Waals surface area contributed by atoms with Gasteiger partial charge in [-0.1, -0.05) is 6.92 Å². The first-order chi connectivity index (χ1) is 6.03. The Morgan fingerprint density at radius 1 is 1.15 bits per heavy atom. The molecular formula is C9H18F2N2. The maximum Gasteiger partial charge on any atom is 0.260 e. The summed E-state index contributed by atoms with van der Waals surface area (Å²) >= 11 is 0. The number of piperazine rings is 1. The zero-order valence-electron chi connectivity index (χ0n) is 8.39. The highest BCUT2D eigenvalue weighted by Crippen LogP contribution is 2.19. The van der Waals surface area contributed by atoms with E-state index in [1.54, 1.807) is 0 Å². The van der Waals surface area contributed by atoms with Crippen LogP contribution in [0.15, 0.2) is 0 Å². The summed E-state index contributed by atoms with van der Waals surface area (Å²) in [6.07, 6.45) is -0.0562. The molecule has 78 valence electrons. The van der Waals surface area contributed by atoms with Crippen LogP contribution in [0.25, 0.3) is 0 Å². The second-order valence-electron chi connectivity index (χ2n) is 3.79. The lowest BCUT2D eigenvalue weighted by Crippen LogP contribution is -2.48. The van der Waals surface area contributed by atoms with Gasteiger partial charge >= 0.3 is 0 Å². The molecule has 0 aliphatic carbocycles. The van der Waals surface area contributed by atoms with Crippen LogP contribution in [0.5, 0.6) is 0 Å². The fraction of sp³-hybridized carbons (Fsp3) is 1.00. The van der Waals surface area contributed by atoms with E-state index >= 15 is 0 Å². The van der Waals surface area contributed by atoms with Crippen LogP contribution in [-0.2, 0) is 0 Å². The third kappa shape index (κ3) is 3.56. The monoisotopic (exact) mass is 192 g/mol. The van der Waals surface area contributed by atoms with Gasteiger partial charge in [0.1, 0.15) is 0 Å². The Balaban J connectivity index is 2.30. The van der Waals surface area contributed by atoms with Gasteiger partial charge in [-0.25, -0.2) is 8.78 Å². The van der Waals surface area contributed by atoms with Crippen molar-refractivity contribution < 1.29 is 8.78 Å². The molecule has 0 saturated carbocycles. The van der Waals surface area contributed by atoms with E-state index < -0.39 is 5.92 Å². The lowest BCUT2D eigenvalue weighted by molar-refractivity contribution is -0.0430. The molecule has 4 heteroatoms. The van der Waals surface area contributed by atoms with E-state index in [-0.39, 0.29) is 13.0 Å². The minimum absolute atomic E-state index is 0.0562. The van der Waals surface area contributed by atoms with Crippen molar-refractivity contribution >= 4 is 0 Å². The summed E-state index contributed by atoms with van der Waals surface area (Å²) in [6, 6.07) is 0. The molecule has 1 aliphatic rings. The van der Waals surface area contributed by atoms with Gasteiger partial charge in [0.15, 0.2) is 0 Å². The smallest absolute Gasteiger partial charge is 0.260 e. The average Bonchev–Trinajstić information content (AvgIpc) is 2.09. The second-order valence-corrected chi connectivity index (χ2v) is 3.79. The van der Waals surface area contributed by atoms with Gasteiger partial charge in [-0.05, 0) is 7.05 Å². The SMILES string of the molecule is CCC(F)(F)CN1CCN(C)CC1. The molecule has 0 bridgehead atoms. The largest absolute Gasteiger partial charge is 0.304 e. The van der Waals surface area contributed by atoms with E-state index in [1.165, 1.54) is 6.92 Å². The van der Waals surface area contributed by atoms with Crippen molar-refractivity contribution in [3.8, 4) is 0 Å². The van der Waals surface area contributed by atoms with Gasteiger partial charge in [-0.2, -0.15) is 0 Å². The zero-order chi connectivity index (χ0) is 9.90. The van der Waals surface area contributed by atoms with E-state index in [4.69, 9.17) is 0 Å². The maximum atomic E-state index is 13.0. The van der Waals surface area contributed by atoms with E-state index in [9.17, 15) is 8.78 Å². The molecule has 0 N–H and O–H groups in total. The number of hydrogen-bond acceptors (Lipinski definition) is 2. The van der Waals surface area contributed by atoms with Crippen molar-refractivity contribution in [2.45, 2.75) is 19.3 Å². The maximum absolute atomic E-state index is 13.0. The lowest BCUT2D eigenvalue weighted by atomic mass is 10.2. The summed E-state index contributed by atoms with van der Waals surface area (Å²) in [7, 11) is 2.02. The summed E-state index contributed by atoms with van der Waals surface area (Å²) < 4.78 is 26.0. The minimum atomic E-state index is -2.50. The van der Waals surface area contributed by atoms with Crippen molar-refractivity contribution in [1.82, 2.24) is 9.80 Å². The molecule has 0 radical (unpaired) electrons. The molecule has 0 spiro atoms. The van der Waals surface area contributed by atoms with Crippen molar-refractivity contribution in [2.75, 3.05) is 39.8 Å². The summed E-state index contributed by atoms with van der Waals surface area (Å²) in [5.74, 6) is -2.50. The molecule has 13 heavy (non-hydrogen) atoms. The highest BCUT2D eigenvalue weighted by atomic mass is 19.3. The van der Waals surface area contributed by atoms with Crippen LogP contribution in [-0.4, -0.2) is 55.5 Å². The first-order valence-electron chi connectivity index (χ1n) is 4.82. The van der Waals surface area contributed by atoms with Gasteiger partial charge in [0.25, 0.3) is 5.92 Å². The average molecular weight is 192 g/mol. The number of nitrogens with zero attached hydrogens (tertiary/aromatic N) is 2. The summed E-state index contributed by atoms with van der Waals surface area (Å²) in [5, 5.41) is 0. The number of alkyl halides is 2. The third-order valence-corrected chi connectivity index (χ3v) is 2.57. The highest BCUT2D eigenvalue weighted by molar-refractivity contribution is 4.75. The van der Waals surface area contributed by atoms with Crippen molar-refractivity contribution in [3.63, 3.8) is 0 Å². The van der Waals surface area contributed by atoms with Crippen LogP contribution in [0.4, 0.5) is 8.78 Å². The molecule has 1 fully saturated rings. The highest BCUT2D eigenvalue weighted by Gasteiger charge is 2.30. The summed E-state index contributed by atoms with van der Waals surface area (Å²) in [5.41, 5.74) is 0. The van der Waals surface area contributed by atoms with Crippen LogP contribution < -0.4 is 0 Å². The Bertz CT molecular complexity index is 154. The van der Waals surface area contributed by atoms with Crippen LogP contribution in [0.3, 0.4) is 0 Å². The molecule has 0 aromatic heterocycles. The number of likely N-dealkylation sites (N-methyl/N-ethyl adjacent to an activating group) is 1. The van der Waals surface area contributed by atoms with Crippen molar-refractivity contribution in [2.24, 2.45) is 0 Å². The second kappa shape index (κ2) is 4.33. The Morgan fingerprint density at radius 3 is 2.15 bits per heavy atom. The third-order valence-electron chi connectivity index (χ3n) is 2.57. The minimum Gasteiger partial charge on any atom is -0.304 e. The van der Waals surface area contributed by atoms with Crippen molar-refractivity contribution in [1.29, 1.82) is 0 Å². The van der Waals surface area contributed by atoms with Gasteiger partial charge in [-0.3, -0.25) is 4.90 Å². The molecule has 1 rings (SSSR count). The number of hydrogen-bond donors (Lipinski definition) is 0. The number of halogens is 2. The Morgan fingerprint density at radius 2 is 1.69 bits per heavy atom. The van der Waals surface area contributed by atoms with Crippen molar-refractivity contribution in [3.05, 3.63) is 0 Å². The Hall–Kier alpha value is -0.220. The van der Waals surface area contributed by atoms with Crippen LogP contribution in [0.1, 0.15) is 13.3 Å². The first-order valence-corrected chi connectivity index (χ1v) is 4.82. The Kier molecular flexibility index (Phi) is 3.62. The first kappa shape index (κ1) is 10.9. The van der Waals surface area contributed by atoms with Gasteiger partial charge < -0.3 is 4.90 Å². The van der Waals surface area contributed by atoms with Crippen LogP contribution >= 0.6 is 0 Å². The van der Waals surface area contributed by atoms with Gasteiger partial charge in [0.05, 0.1) is 6.54 Å². The number of rotatable bonds is 3. The topological polar surface area (TPSA) is 6.48 Å². The Labute approximate surface area is 78.5 Å². The predicted octanol–water partition coefficient (Wildman–Crippen LogP) is 1.28. The molecular weight excluding hydrogens is 174 g/mol. The van der Waals surface area contributed by atoms with Gasteiger partial charge in [-0.15, -0.1) is 0 Å². The zero-order valence-corrected chi connectivity index (χ0v) is 8.39. The molecule has 0 unspecified atom stereocenters. The molecule has 0 amide bonds. The molecule has 1 aliphatic heterocycles.